The van der Waals surface area contributed by atoms with Gasteiger partial charge in [-0.3, -0.25) is 19.9 Å². The van der Waals surface area contributed by atoms with E-state index >= 15 is 0 Å². The van der Waals surface area contributed by atoms with Gasteiger partial charge < -0.3 is 5.11 Å². The minimum atomic E-state index is -4.25. The van der Waals surface area contributed by atoms with E-state index in [0.29, 0.717) is 0 Å². The first-order chi connectivity index (χ1) is 12.8. The van der Waals surface area contributed by atoms with E-state index < -0.39 is 32.1 Å². The van der Waals surface area contributed by atoms with Gasteiger partial charge in [0, 0.05) is 18.0 Å². The van der Waals surface area contributed by atoms with Crippen LogP contribution >= 0.6 is 0 Å². The third-order valence-corrected chi connectivity index (χ3v) is 5.01. The third kappa shape index (κ3) is 4.20. The normalized spacial score (nSPS) is 11.6. The van der Waals surface area contributed by atoms with Crippen LogP contribution in [0, 0.1) is 10.1 Å². The van der Waals surface area contributed by atoms with Crippen molar-refractivity contribution in [2.75, 3.05) is 0 Å². The van der Waals surface area contributed by atoms with Crippen LogP contribution < -0.4 is 40.2 Å². The first kappa shape index (κ1) is 21.5. The van der Waals surface area contributed by atoms with Crippen LogP contribution in [-0.2, 0) is 10.0 Å². The van der Waals surface area contributed by atoms with Gasteiger partial charge in [0.1, 0.15) is 0 Å². The first-order valence-corrected chi connectivity index (χ1v) is 8.73. The number of hydrogen-bond acceptors (Lipinski definition) is 8. The van der Waals surface area contributed by atoms with Gasteiger partial charge in [0.2, 0.25) is 0 Å². The van der Waals surface area contributed by atoms with E-state index in [1.807, 2.05) is 5.21 Å². The number of aromatic nitrogens is 3. The fourth-order valence-corrected chi connectivity index (χ4v) is 3.27. The summed E-state index contributed by atoms with van der Waals surface area (Å²) in [7, 11) is -4.25. The van der Waals surface area contributed by atoms with Gasteiger partial charge >= 0.3 is 35.1 Å². The molecule has 0 radical (unpaired) electrons. The maximum absolute atomic E-state index is 12.4. The summed E-state index contributed by atoms with van der Waals surface area (Å²) >= 11 is 0. The molecule has 11 nitrogen and oxygen atoms in total. The summed E-state index contributed by atoms with van der Waals surface area (Å²) in [6, 6.07) is 11.8. The maximum atomic E-state index is 12.4. The molecule has 0 bridgehead atoms. The fraction of sp³-hybridized carbons (Fsp3) is 0. The van der Waals surface area contributed by atoms with E-state index in [1.165, 1.54) is 36.4 Å². The number of benzene rings is 2. The Labute approximate surface area is 179 Å². The Morgan fingerprint density at radius 1 is 1.11 bits per heavy atom. The van der Waals surface area contributed by atoms with Crippen molar-refractivity contribution in [3.05, 3.63) is 80.8 Å². The van der Waals surface area contributed by atoms with E-state index in [4.69, 9.17) is 0 Å². The summed E-state index contributed by atoms with van der Waals surface area (Å²) in [5, 5.41) is 28.2. The monoisotopic (exact) mass is 411 g/mol. The van der Waals surface area contributed by atoms with Crippen molar-refractivity contribution in [1.29, 1.82) is 0 Å². The zero-order valence-corrected chi connectivity index (χ0v) is 17.2. The molecule has 0 spiro atoms. The number of aromatic amines is 1. The standard InChI is InChI=1S/C15H11N5O6S.Na/c21-14(16-10-6-8-11(9-7-10)20(23)24)13-15(22)19(18-17-13)27(25,26)12-4-2-1-3-5-12;/h1-9,18H,(H,16,21);/q;+1/p-1. The van der Waals surface area contributed by atoms with Crippen LogP contribution in [0.4, 0.5) is 11.4 Å². The van der Waals surface area contributed by atoms with Crippen LogP contribution in [0.2, 0.25) is 0 Å². The van der Waals surface area contributed by atoms with Crippen LogP contribution in [0.15, 0.2) is 69.3 Å². The molecule has 0 saturated heterocycles. The minimum absolute atomic E-state index is 0. The Morgan fingerprint density at radius 3 is 2.29 bits per heavy atom. The molecule has 1 aromatic heterocycles. The van der Waals surface area contributed by atoms with Gasteiger partial charge in [-0.15, -0.1) is 4.09 Å². The van der Waals surface area contributed by atoms with Gasteiger partial charge in [0.05, 0.1) is 15.5 Å². The molecule has 0 atom stereocenters. The Morgan fingerprint density at radius 2 is 1.71 bits per heavy atom. The Bertz CT molecular complexity index is 1190. The molecule has 2 aromatic carbocycles. The van der Waals surface area contributed by atoms with Crippen LogP contribution in [0.1, 0.15) is 5.69 Å². The Kier molecular flexibility index (Phi) is 6.51. The molecule has 0 aliphatic heterocycles. The predicted octanol–water partition coefficient (Wildman–Crippen LogP) is -2.84. The van der Waals surface area contributed by atoms with Crippen LogP contribution in [-0.4, -0.2) is 33.6 Å². The number of rotatable bonds is 5. The van der Waals surface area contributed by atoms with Crippen molar-refractivity contribution >= 4 is 27.3 Å². The molecule has 138 valence electrons. The summed E-state index contributed by atoms with van der Waals surface area (Å²) in [5.74, 6) is -1.09. The van der Waals surface area contributed by atoms with Gasteiger partial charge in [0.25, 0.3) is 15.7 Å². The molecular formula is C15H10N5NaO6S. The van der Waals surface area contributed by atoms with E-state index in [-0.39, 0.29) is 49.9 Å². The third-order valence-electron chi connectivity index (χ3n) is 3.41. The largest absolute Gasteiger partial charge is 1.00 e. The molecule has 0 unspecified atom stereocenters. The molecule has 1 N–H and O–H groups in total. The zero-order valence-electron chi connectivity index (χ0n) is 14.3. The number of nitrogens with one attached hydrogen (secondary N) is 1. The summed E-state index contributed by atoms with van der Waals surface area (Å²) < 4.78 is 25.1. The van der Waals surface area contributed by atoms with Crippen LogP contribution in [0.25, 0.3) is 0 Å². The van der Waals surface area contributed by atoms with Crippen molar-refractivity contribution in [2.24, 2.45) is 4.99 Å². The second kappa shape index (κ2) is 8.48. The van der Waals surface area contributed by atoms with Crippen molar-refractivity contribution in [2.45, 2.75) is 4.90 Å². The van der Waals surface area contributed by atoms with Crippen molar-refractivity contribution in [3.8, 4) is 0 Å². The van der Waals surface area contributed by atoms with Gasteiger partial charge in [-0.25, -0.2) is 5.21 Å². The molecule has 3 aromatic rings. The number of hydrogen-bond donors (Lipinski definition) is 1. The summed E-state index contributed by atoms with van der Waals surface area (Å²) in [6.45, 7) is 0. The van der Waals surface area contributed by atoms with E-state index in [2.05, 4.69) is 10.1 Å². The number of aliphatic imine (C=N–C) groups is 1. The van der Waals surface area contributed by atoms with Crippen molar-refractivity contribution in [3.63, 3.8) is 0 Å². The molecule has 28 heavy (non-hydrogen) atoms. The molecule has 0 aliphatic carbocycles. The molecule has 13 heteroatoms. The molecule has 1 heterocycles. The molecule has 0 amide bonds. The van der Waals surface area contributed by atoms with Gasteiger partial charge in [-0.2, -0.15) is 13.5 Å². The summed E-state index contributed by atoms with van der Waals surface area (Å²) in [5.41, 5.74) is -2.06. The molecule has 0 saturated carbocycles. The molecular weight excluding hydrogens is 401 g/mol. The van der Waals surface area contributed by atoms with Gasteiger partial charge in [-0.1, -0.05) is 18.2 Å². The van der Waals surface area contributed by atoms with Gasteiger partial charge in [0.15, 0.2) is 5.69 Å². The molecule has 0 aliphatic rings. The van der Waals surface area contributed by atoms with E-state index in [0.717, 1.165) is 12.1 Å². The minimum Gasteiger partial charge on any atom is -0.857 e. The quantitative estimate of drug-likeness (QED) is 0.155. The van der Waals surface area contributed by atoms with Crippen LogP contribution in [0.5, 0.6) is 0 Å². The average Bonchev–Trinajstić information content (AvgIpc) is 3.05. The second-order valence-electron chi connectivity index (χ2n) is 5.14. The summed E-state index contributed by atoms with van der Waals surface area (Å²) in [4.78, 5) is 25.7. The van der Waals surface area contributed by atoms with Gasteiger partial charge in [-0.05, 0) is 24.3 Å². The number of H-pyrrole nitrogens is 1. The van der Waals surface area contributed by atoms with Crippen LogP contribution in [0.3, 0.4) is 0 Å². The number of non-ortho nitro benzene ring substituents is 1. The molecule has 0 fully saturated rings. The molecule has 3 rings (SSSR count). The predicted molar refractivity (Wildman–Crippen MR) is 91.2 cm³/mol. The Hall–Kier alpha value is -2.80. The zero-order chi connectivity index (χ0) is 19.6. The number of nitro groups is 1. The number of nitrogens with zero attached hydrogens (tertiary/aromatic N) is 4. The summed E-state index contributed by atoms with van der Waals surface area (Å²) in [6.07, 6.45) is 0. The van der Waals surface area contributed by atoms with E-state index in [1.54, 1.807) is 6.07 Å². The second-order valence-corrected chi connectivity index (χ2v) is 6.93. The number of nitro benzene ring substituents is 1. The smallest absolute Gasteiger partial charge is 0.857 e. The Balaban J connectivity index is 0.00000280. The van der Waals surface area contributed by atoms with E-state index in [9.17, 15) is 28.4 Å². The maximum Gasteiger partial charge on any atom is 1.00 e. The first-order valence-electron chi connectivity index (χ1n) is 7.29. The van der Waals surface area contributed by atoms with Crippen molar-refractivity contribution in [1.82, 2.24) is 14.4 Å². The SMILES string of the molecule is O=c1c(C([O-])=Nc2ccc([N+](=O)[O-])cc2)n[nH]n1S(=O)(=O)c1ccccc1.[Na+]. The fourth-order valence-electron chi connectivity index (χ4n) is 2.10. The van der Waals surface area contributed by atoms with Crippen molar-refractivity contribution < 1.29 is 48.0 Å². The topological polar surface area (TPSA) is 163 Å². The average molecular weight is 411 g/mol.